The zero-order chi connectivity index (χ0) is 38.0. The van der Waals surface area contributed by atoms with Crippen molar-refractivity contribution in [1.29, 1.82) is 0 Å². The maximum Gasteiger partial charge on any atom is 0.179 e. The number of fused-ring (bicyclic) bond motifs is 3. The van der Waals surface area contributed by atoms with E-state index in [1.165, 1.54) is 63.2 Å². The van der Waals surface area contributed by atoms with Gasteiger partial charge >= 0.3 is 0 Å². The zero-order valence-electron chi connectivity index (χ0n) is 31.4. The van der Waals surface area contributed by atoms with Crippen molar-refractivity contribution in [3.05, 3.63) is 237 Å². The van der Waals surface area contributed by atoms with Crippen LogP contribution >= 0.6 is 11.3 Å². The molecular weight excluding hydrogens is 723 g/mol. The average Bonchev–Trinajstić information content (AvgIpc) is 3.66. The molecule has 0 atom stereocenters. The Morgan fingerprint density at radius 1 is 0.281 bits per heavy atom. The monoisotopic (exact) mass is 761 g/mol. The molecule has 3 heteroatoms. The molecule has 0 bridgehead atoms. The van der Waals surface area contributed by atoms with Gasteiger partial charge in [-0.2, -0.15) is 0 Å². The van der Waals surface area contributed by atoms with E-state index in [1.807, 2.05) is 11.3 Å². The molecule has 10 aromatic rings. The minimum Gasteiger partial charge on any atom is -0.310 e. The van der Waals surface area contributed by atoms with Crippen molar-refractivity contribution in [3.8, 4) is 22.3 Å². The molecule has 57 heavy (non-hydrogen) atoms. The summed E-state index contributed by atoms with van der Waals surface area (Å²) < 4.78 is 2.60. The Kier molecular flexibility index (Phi) is 9.15. The van der Waals surface area contributed by atoms with Crippen LogP contribution in [0.25, 0.3) is 42.4 Å². The van der Waals surface area contributed by atoms with Gasteiger partial charge in [0.1, 0.15) is 0 Å². The molecule has 1 heterocycles. The summed E-state index contributed by atoms with van der Waals surface area (Å²) in [5, 5.41) is 8.09. The molecule has 0 aliphatic heterocycles. The van der Waals surface area contributed by atoms with Crippen molar-refractivity contribution in [3.63, 3.8) is 0 Å². The quantitative estimate of drug-likeness (QED) is 0.105. The SMILES string of the molecule is c1ccc(-c2ccc3sc4ccc(N(c5ccccc5)c5ccc(-c6ccc([Si](c7ccccc7)(c7ccccc7)c7ccccc7)cc6)cc5)cc4c3c2)cc1. The molecule has 1 aromatic heterocycles. The lowest BCUT2D eigenvalue weighted by atomic mass is 10.0. The van der Waals surface area contributed by atoms with Gasteiger partial charge < -0.3 is 4.90 Å². The fourth-order valence-corrected chi connectivity index (χ4v) is 14.3. The smallest absolute Gasteiger partial charge is 0.179 e. The molecular formula is C54H39NSSi. The van der Waals surface area contributed by atoms with Gasteiger partial charge in [0.15, 0.2) is 8.07 Å². The predicted molar refractivity (Wildman–Crippen MR) is 249 cm³/mol. The highest BCUT2D eigenvalue weighted by atomic mass is 32.1. The Labute approximate surface area is 339 Å². The van der Waals surface area contributed by atoms with Crippen molar-refractivity contribution in [1.82, 2.24) is 0 Å². The summed E-state index contributed by atoms with van der Waals surface area (Å²) in [4.78, 5) is 2.37. The third-order valence-corrected chi connectivity index (χ3v) is 17.2. The molecule has 0 radical (unpaired) electrons. The number of nitrogens with zero attached hydrogens (tertiary/aromatic N) is 1. The molecule has 0 fully saturated rings. The summed E-state index contributed by atoms with van der Waals surface area (Å²) in [6.07, 6.45) is 0. The van der Waals surface area contributed by atoms with E-state index >= 15 is 0 Å². The molecule has 0 saturated heterocycles. The fraction of sp³-hybridized carbons (Fsp3) is 0. The van der Waals surface area contributed by atoms with Crippen LogP contribution in [-0.4, -0.2) is 8.07 Å². The summed E-state index contributed by atoms with van der Waals surface area (Å²) >= 11 is 1.86. The molecule has 0 aliphatic rings. The van der Waals surface area contributed by atoms with Crippen molar-refractivity contribution in [2.75, 3.05) is 4.90 Å². The second-order valence-corrected chi connectivity index (χ2v) is 19.4. The van der Waals surface area contributed by atoms with E-state index in [4.69, 9.17) is 0 Å². The van der Waals surface area contributed by atoms with Crippen LogP contribution in [0, 0.1) is 0 Å². The first kappa shape index (κ1) is 34.7. The number of hydrogen-bond acceptors (Lipinski definition) is 2. The Hall–Kier alpha value is -6.78. The topological polar surface area (TPSA) is 3.24 Å². The number of benzene rings is 9. The maximum atomic E-state index is 2.38. The molecule has 0 N–H and O–H groups in total. The molecule has 0 amide bonds. The van der Waals surface area contributed by atoms with E-state index in [2.05, 4.69) is 241 Å². The van der Waals surface area contributed by atoms with E-state index in [0.29, 0.717) is 0 Å². The van der Waals surface area contributed by atoms with Crippen molar-refractivity contribution >= 4 is 77.4 Å². The largest absolute Gasteiger partial charge is 0.310 e. The zero-order valence-corrected chi connectivity index (χ0v) is 33.2. The van der Waals surface area contributed by atoms with Crippen LogP contribution in [0.1, 0.15) is 0 Å². The lowest BCUT2D eigenvalue weighted by Gasteiger charge is -2.34. The van der Waals surface area contributed by atoms with Crippen LogP contribution in [0.4, 0.5) is 17.1 Å². The fourth-order valence-electron chi connectivity index (χ4n) is 8.52. The lowest BCUT2D eigenvalue weighted by Crippen LogP contribution is -2.74. The number of thiophene rings is 1. The second-order valence-electron chi connectivity index (χ2n) is 14.5. The summed E-state index contributed by atoms with van der Waals surface area (Å²) in [6.45, 7) is 0. The third-order valence-electron chi connectivity index (χ3n) is 11.2. The van der Waals surface area contributed by atoms with Crippen LogP contribution in [0.15, 0.2) is 237 Å². The van der Waals surface area contributed by atoms with Gasteiger partial charge in [-0.05, 0) is 97.6 Å². The standard InChI is InChI=1S/C54H39NSSi/c1-6-16-40(17-7-1)43-30-36-53-51(38-43)52-39-46(33-37-54(52)56-53)55(44-18-8-2-9-19-44)45-31-26-41(27-32-45)42-28-34-50(35-29-42)57(47-20-10-3-11-21-47,48-22-12-4-13-23-48)49-24-14-5-15-25-49/h1-39H. The van der Waals surface area contributed by atoms with E-state index in [-0.39, 0.29) is 0 Å². The summed E-state index contributed by atoms with van der Waals surface area (Å²) in [6, 6.07) is 86.9. The van der Waals surface area contributed by atoms with Crippen LogP contribution in [0.2, 0.25) is 0 Å². The summed E-state index contributed by atoms with van der Waals surface area (Å²) in [5.41, 5.74) is 8.26. The Morgan fingerprint density at radius 2 is 0.649 bits per heavy atom. The van der Waals surface area contributed by atoms with E-state index in [9.17, 15) is 0 Å². The van der Waals surface area contributed by atoms with Gasteiger partial charge in [-0.15, -0.1) is 11.3 Å². The lowest BCUT2D eigenvalue weighted by molar-refractivity contribution is 1.29. The summed E-state index contributed by atoms with van der Waals surface area (Å²) in [5.74, 6) is 0. The van der Waals surface area contributed by atoms with Crippen molar-refractivity contribution in [2.24, 2.45) is 0 Å². The van der Waals surface area contributed by atoms with Crippen LogP contribution < -0.4 is 25.6 Å². The number of rotatable bonds is 9. The maximum absolute atomic E-state index is 2.58. The molecule has 0 aliphatic carbocycles. The highest BCUT2D eigenvalue weighted by molar-refractivity contribution is 7.25. The van der Waals surface area contributed by atoms with Gasteiger partial charge in [0, 0.05) is 37.2 Å². The van der Waals surface area contributed by atoms with Gasteiger partial charge in [0.2, 0.25) is 0 Å². The minimum absolute atomic E-state index is 1.12. The van der Waals surface area contributed by atoms with E-state index < -0.39 is 8.07 Å². The number of anilines is 3. The minimum atomic E-state index is -2.58. The van der Waals surface area contributed by atoms with E-state index in [1.54, 1.807) is 0 Å². The first-order chi connectivity index (χ1) is 28.3. The van der Waals surface area contributed by atoms with Crippen molar-refractivity contribution in [2.45, 2.75) is 0 Å². The molecule has 0 unspecified atom stereocenters. The van der Waals surface area contributed by atoms with Gasteiger partial charge in [0.25, 0.3) is 0 Å². The molecule has 0 spiro atoms. The molecule has 270 valence electrons. The highest BCUT2D eigenvalue weighted by Crippen LogP contribution is 2.42. The first-order valence-electron chi connectivity index (χ1n) is 19.5. The molecule has 9 aromatic carbocycles. The molecule has 0 saturated carbocycles. The van der Waals surface area contributed by atoms with Gasteiger partial charge in [0.05, 0.1) is 0 Å². The van der Waals surface area contributed by atoms with Gasteiger partial charge in [-0.1, -0.05) is 182 Å². The predicted octanol–water partition coefficient (Wildman–Crippen LogP) is 12.2. The highest BCUT2D eigenvalue weighted by Gasteiger charge is 2.41. The summed E-state index contributed by atoms with van der Waals surface area (Å²) in [7, 11) is -2.58. The van der Waals surface area contributed by atoms with Crippen LogP contribution in [-0.2, 0) is 0 Å². The number of para-hydroxylation sites is 1. The molecule has 1 nitrogen and oxygen atoms in total. The van der Waals surface area contributed by atoms with Crippen LogP contribution in [0.5, 0.6) is 0 Å². The van der Waals surface area contributed by atoms with Crippen LogP contribution in [0.3, 0.4) is 0 Å². The third kappa shape index (κ3) is 6.37. The Balaban J connectivity index is 1.03. The van der Waals surface area contributed by atoms with E-state index in [0.717, 1.165) is 17.1 Å². The van der Waals surface area contributed by atoms with Gasteiger partial charge in [-0.3, -0.25) is 0 Å². The van der Waals surface area contributed by atoms with Crippen molar-refractivity contribution < 1.29 is 0 Å². The average molecular weight is 762 g/mol. The normalized spacial score (nSPS) is 11.5. The van der Waals surface area contributed by atoms with Gasteiger partial charge in [-0.25, -0.2) is 0 Å². The Morgan fingerprint density at radius 3 is 1.19 bits per heavy atom. The second kappa shape index (κ2) is 15.0. The Bertz CT molecular complexity index is 2810. The first-order valence-corrected chi connectivity index (χ1v) is 22.3. The number of hydrogen-bond donors (Lipinski definition) is 0. The molecule has 10 rings (SSSR count).